The maximum absolute atomic E-state index is 12.6. The first-order valence-corrected chi connectivity index (χ1v) is 11.3. The second-order valence-corrected chi connectivity index (χ2v) is 8.38. The third-order valence-electron chi connectivity index (χ3n) is 4.92. The predicted octanol–water partition coefficient (Wildman–Crippen LogP) is 4.31. The predicted molar refractivity (Wildman–Crippen MR) is 124 cm³/mol. The molecule has 0 aliphatic heterocycles. The third-order valence-corrected chi connectivity index (χ3v) is 5.97. The van der Waals surface area contributed by atoms with E-state index in [1.54, 1.807) is 6.07 Å². The van der Waals surface area contributed by atoms with Crippen LogP contribution < -0.4 is 10.3 Å². The number of nitrogens with zero attached hydrogens (tertiary/aromatic N) is 4. The highest BCUT2D eigenvalue weighted by atomic mass is 32.1. The average molecular weight is 435 g/mol. The summed E-state index contributed by atoms with van der Waals surface area (Å²) in [7, 11) is 0. The molecule has 0 saturated carbocycles. The minimum absolute atomic E-state index is 0.128. The molecule has 160 valence electrons. The third kappa shape index (κ3) is 5.37. The summed E-state index contributed by atoms with van der Waals surface area (Å²) < 4.78 is 6.96. The molecular formula is C24H26N4O2S. The van der Waals surface area contributed by atoms with E-state index < -0.39 is 0 Å². The van der Waals surface area contributed by atoms with Crippen LogP contribution in [0, 0.1) is 0 Å². The van der Waals surface area contributed by atoms with Gasteiger partial charge in [-0.05, 0) is 36.6 Å². The minimum Gasteiger partial charge on any atom is -0.494 e. The van der Waals surface area contributed by atoms with Crippen LogP contribution in [0.4, 0.5) is 0 Å². The van der Waals surface area contributed by atoms with Gasteiger partial charge in [-0.2, -0.15) is 9.61 Å². The van der Waals surface area contributed by atoms with Gasteiger partial charge >= 0.3 is 0 Å². The Morgan fingerprint density at radius 3 is 2.35 bits per heavy atom. The Morgan fingerprint density at radius 1 is 0.968 bits per heavy atom. The van der Waals surface area contributed by atoms with Crippen molar-refractivity contribution in [2.45, 2.75) is 39.9 Å². The number of fused-ring (bicyclic) bond motifs is 1. The zero-order valence-electron chi connectivity index (χ0n) is 17.8. The summed E-state index contributed by atoms with van der Waals surface area (Å²) in [5.74, 6) is 0.873. The largest absolute Gasteiger partial charge is 0.494 e. The van der Waals surface area contributed by atoms with Crippen LogP contribution in [-0.2, 0) is 26.1 Å². The fourth-order valence-corrected chi connectivity index (χ4v) is 4.33. The molecule has 2 heterocycles. The van der Waals surface area contributed by atoms with Gasteiger partial charge < -0.3 is 4.74 Å². The molecule has 0 N–H and O–H groups in total. The van der Waals surface area contributed by atoms with Gasteiger partial charge in [0.1, 0.15) is 10.8 Å². The monoisotopic (exact) mass is 434 g/mol. The Bertz CT molecular complexity index is 1190. The summed E-state index contributed by atoms with van der Waals surface area (Å²) in [5, 5.41) is 5.26. The SMILES string of the molecule is CCOc1ccc(CN(Cc2ccccc2)Cc2cc(=O)n3nc(CC)sc3n2)cc1. The molecule has 6 nitrogen and oxygen atoms in total. The summed E-state index contributed by atoms with van der Waals surface area (Å²) in [5.41, 5.74) is 3.04. The van der Waals surface area contributed by atoms with Crippen LogP contribution in [-0.4, -0.2) is 26.1 Å². The lowest BCUT2D eigenvalue weighted by atomic mass is 10.1. The molecule has 31 heavy (non-hydrogen) atoms. The van der Waals surface area contributed by atoms with Gasteiger partial charge in [-0.15, -0.1) is 0 Å². The van der Waals surface area contributed by atoms with Crippen LogP contribution in [0.2, 0.25) is 0 Å². The molecule has 0 amide bonds. The van der Waals surface area contributed by atoms with Crippen LogP contribution in [0.1, 0.15) is 35.7 Å². The van der Waals surface area contributed by atoms with E-state index in [-0.39, 0.29) is 5.56 Å². The van der Waals surface area contributed by atoms with Crippen LogP contribution in [0.15, 0.2) is 65.5 Å². The van der Waals surface area contributed by atoms with E-state index in [1.807, 2.05) is 44.2 Å². The van der Waals surface area contributed by atoms with Gasteiger partial charge in [-0.3, -0.25) is 9.69 Å². The van der Waals surface area contributed by atoms with Crippen molar-refractivity contribution in [3.63, 3.8) is 0 Å². The molecule has 0 fully saturated rings. The van der Waals surface area contributed by atoms with Crippen molar-refractivity contribution in [3.05, 3.63) is 92.8 Å². The van der Waals surface area contributed by atoms with Crippen LogP contribution in [0.5, 0.6) is 5.75 Å². The van der Waals surface area contributed by atoms with E-state index in [9.17, 15) is 4.79 Å². The molecule has 4 rings (SSSR count). The highest BCUT2D eigenvalue weighted by Crippen LogP contribution is 2.18. The van der Waals surface area contributed by atoms with E-state index in [0.29, 0.717) is 18.1 Å². The molecule has 0 aliphatic carbocycles. The molecule has 0 saturated heterocycles. The van der Waals surface area contributed by atoms with Gasteiger partial charge in [0.25, 0.3) is 5.56 Å². The van der Waals surface area contributed by atoms with E-state index in [2.05, 4.69) is 34.3 Å². The standard InChI is InChI=1S/C24H26N4O2S/c1-3-22-26-28-23(29)14-20(25-24(28)31-22)17-27(15-18-8-6-5-7-9-18)16-19-10-12-21(13-11-19)30-4-2/h5-14H,3-4,15-17H2,1-2H3. The van der Waals surface area contributed by atoms with Gasteiger partial charge in [-0.25, -0.2) is 4.98 Å². The number of aryl methyl sites for hydroxylation is 1. The molecule has 0 bridgehead atoms. The molecule has 2 aromatic carbocycles. The quantitative estimate of drug-likeness (QED) is 0.393. The first-order chi connectivity index (χ1) is 15.1. The topological polar surface area (TPSA) is 59.7 Å². The van der Waals surface area contributed by atoms with Gasteiger partial charge in [0, 0.05) is 25.7 Å². The summed E-state index contributed by atoms with van der Waals surface area (Å²) >= 11 is 1.48. The van der Waals surface area contributed by atoms with Crippen molar-refractivity contribution in [1.82, 2.24) is 19.5 Å². The smallest absolute Gasteiger partial charge is 0.275 e. The van der Waals surface area contributed by atoms with Gasteiger partial charge in [-0.1, -0.05) is 60.7 Å². The zero-order chi connectivity index (χ0) is 21.6. The van der Waals surface area contributed by atoms with Crippen LogP contribution >= 0.6 is 11.3 Å². The van der Waals surface area contributed by atoms with Crippen LogP contribution in [0.3, 0.4) is 0 Å². The maximum atomic E-state index is 12.6. The van der Waals surface area contributed by atoms with E-state index in [1.165, 1.54) is 27.0 Å². The molecule has 0 unspecified atom stereocenters. The molecule has 0 atom stereocenters. The number of rotatable bonds is 9. The van der Waals surface area contributed by atoms with Crippen molar-refractivity contribution in [1.29, 1.82) is 0 Å². The lowest BCUT2D eigenvalue weighted by Gasteiger charge is -2.22. The van der Waals surface area contributed by atoms with E-state index in [0.717, 1.165) is 36.0 Å². The van der Waals surface area contributed by atoms with Crippen molar-refractivity contribution in [3.8, 4) is 5.75 Å². The first-order valence-electron chi connectivity index (χ1n) is 10.5. The second kappa shape index (κ2) is 9.85. The lowest BCUT2D eigenvalue weighted by molar-refractivity contribution is 0.244. The highest BCUT2D eigenvalue weighted by molar-refractivity contribution is 7.16. The van der Waals surface area contributed by atoms with Crippen molar-refractivity contribution in [2.75, 3.05) is 6.61 Å². The summed E-state index contributed by atoms with van der Waals surface area (Å²) in [6.45, 7) is 6.74. The van der Waals surface area contributed by atoms with E-state index >= 15 is 0 Å². The van der Waals surface area contributed by atoms with Crippen molar-refractivity contribution < 1.29 is 4.74 Å². The summed E-state index contributed by atoms with van der Waals surface area (Å²) in [4.78, 5) is 20.2. The Balaban J connectivity index is 1.59. The molecule has 4 aromatic rings. The maximum Gasteiger partial charge on any atom is 0.275 e. The number of ether oxygens (including phenoxy) is 1. The molecule has 7 heteroatoms. The number of hydrogen-bond donors (Lipinski definition) is 0. The minimum atomic E-state index is -0.128. The number of aromatic nitrogens is 3. The van der Waals surface area contributed by atoms with E-state index in [4.69, 9.17) is 9.72 Å². The highest BCUT2D eigenvalue weighted by Gasteiger charge is 2.13. The zero-order valence-corrected chi connectivity index (χ0v) is 18.6. The lowest BCUT2D eigenvalue weighted by Crippen LogP contribution is -2.25. The molecule has 2 aromatic heterocycles. The second-order valence-electron chi connectivity index (χ2n) is 7.34. The van der Waals surface area contributed by atoms with Gasteiger partial charge in [0.15, 0.2) is 0 Å². The fraction of sp³-hybridized carbons (Fsp3) is 0.292. The first kappa shape index (κ1) is 21.2. The summed E-state index contributed by atoms with van der Waals surface area (Å²) in [6.07, 6.45) is 0.792. The number of hydrogen-bond acceptors (Lipinski definition) is 6. The molecule has 0 radical (unpaired) electrons. The number of benzene rings is 2. The Labute approximate surface area is 185 Å². The fourth-order valence-electron chi connectivity index (χ4n) is 3.47. The Hall–Kier alpha value is -3.03. The van der Waals surface area contributed by atoms with Crippen molar-refractivity contribution >= 4 is 16.3 Å². The normalized spacial score (nSPS) is 11.3. The van der Waals surface area contributed by atoms with Gasteiger partial charge in [0.2, 0.25) is 4.96 Å². The molecule has 0 aliphatic rings. The van der Waals surface area contributed by atoms with Gasteiger partial charge in [0.05, 0.1) is 12.3 Å². The Morgan fingerprint density at radius 2 is 1.68 bits per heavy atom. The van der Waals surface area contributed by atoms with Crippen LogP contribution in [0.25, 0.3) is 4.96 Å². The average Bonchev–Trinajstić information content (AvgIpc) is 3.20. The summed E-state index contributed by atoms with van der Waals surface area (Å²) in [6, 6.07) is 20.1. The Kier molecular flexibility index (Phi) is 6.74. The molecule has 0 spiro atoms. The van der Waals surface area contributed by atoms with Crippen molar-refractivity contribution in [2.24, 2.45) is 0 Å². The molecular weight excluding hydrogens is 408 g/mol.